The van der Waals surface area contributed by atoms with E-state index in [4.69, 9.17) is 0 Å². The molecule has 0 fully saturated rings. The lowest BCUT2D eigenvalue weighted by molar-refractivity contribution is 0.510. The van der Waals surface area contributed by atoms with Crippen LogP contribution >= 0.6 is 0 Å². The smallest absolute Gasteiger partial charge is 0.211 e. The Morgan fingerprint density at radius 3 is 2.19 bits per heavy atom. The number of halogens is 2. The van der Waals surface area contributed by atoms with Crippen LogP contribution in [0.25, 0.3) is 10.9 Å². The number of fused-ring (bicyclic) bond motifs is 1. The van der Waals surface area contributed by atoms with Gasteiger partial charge < -0.3 is 4.57 Å². The highest BCUT2D eigenvalue weighted by molar-refractivity contribution is 7.91. The van der Waals surface area contributed by atoms with E-state index < -0.39 is 31.8 Å². The number of aromatic nitrogens is 1. The molecule has 0 saturated carbocycles. The zero-order valence-electron chi connectivity index (χ0n) is 14.3. The number of benzene rings is 2. The van der Waals surface area contributed by atoms with Gasteiger partial charge in [-0.3, -0.25) is 4.79 Å². The summed E-state index contributed by atoms with van der Waals surface area (Å²) in [5.74, 6) is -2.29. The largest absolute Gasteiger partial charge is 0.346 e. The van der Waals surface area contributed by atoms with Gasteiger partial charge in [0, 0.05) is 18.8 Å². The molecule has 0 saturated heterocycles. The fraction of sp³-hybridized carbons (Fsp3) is 0.211. The monoisotopic (exact) mass is 377 g/mol. The molecule has 0 spiro atoms. The predicted molar refractivity (Wildman–Crippen MR) is 95.1 cm³/mol. The molecule has 0 bridgehead atoms. The average molecular weight is 377 g/mol. The maximum atomic E-state index is 13.6. The van der Waals surface area contributed by atoms with Crippen molar-refractivity contribution in [3.63, 3.8) is 0 Å². The molecule has 26 heavy (non-hydrogen) atoms. The molecule has 0 unspecified atom stereocenters. The summed E-state index contributed by atoms with van der Waals surface area (Å²) >= 11 is 0. The summed E-state index contributed by atoms with van der Waals surface area (Å²) in [6, 6.07) is 7.90. The van der Waals surface area contributed by atoms with Crippen LogP contribution in [-0.2, 0) is 22.8 Å². The van der Waals surface area contributed by atoms with E-state index in [0.717, 1.165) is 24.1 Å². The Morgan fingerprint density at radius 2 is 1.62 bits per heavy atom. The van der Waals surface area contributed by atoms with Crippen LogP contribution in [0.2, 0.25) is 0 Å². The molecule has 3 aromatic rings. The van der Waals surface area contributed by atoms with Crippen molar-refractivity contribution < 1.29 is 17.2 Å². The fourth-order valence-electron chi connectivity index (χ4n) is 2.84. The van der Waals surface area contributed by atoms with Gasteiger partial charge in [-0.15, -0.1) is 0 Å². The molecule has 1 heterocycles. The Hall–Kier alpha value is -2.54. The third-order valence-electron chi connectivity index (χ3n) is 4.36. The number of hydrogen-bond acceptors (Lipinski definition) is 3. The fourth-order valence-corrected chi connectivity index (χ4v) is 4.21. The first-order valence-corrected chi connectivity index (χ1v) is 9.64. The van der Waals surface area contributed by atoms with E-state index in [2.05, 4.69) is 0 Å². The van der Waals surface area contributed by atoms with Gasteiger partial charge in [0.25, 0.3) is 0 Å². The van der Waals surface area contributed by atoms with E-state index in [1.165, 1.54) is 22.9 Å². The molecule has 0 atom stereocenters. The van der Waals surface area contributed by atoms with Gasteiger partial charge in [-0.2, -0.15) is 0 Å². The number of hydrogen-bond donors (Lipinski definition) is 0. The van der Waals surface area contributed by atoms with E-state index in [1.54, 1.807) is 19.1 Å². The van der Waals surface area contributed by atoms with Crippen molar-refractivity contribution in [2.75, 3.05) is 0 Å². The van der Waals surface area contributed by atoms with Crippen molar-refractivity contribution in [3.05, 3.63) is 70.0 Å². The highest BCUT2D eigenvalue weighted by Gasteiger charge is 2.24. The number of rotatable bonds is 4. The van der Waals surface area contributed by atoms with Crippen molar-refractivity contribution in [1.29, 1.82) is 0 Å². The summed E-state index contributed by atoms with van der Waals surface area (Å²) in [5.41, 5.74) is 0.269. The average Bonchev–Trinajstić information content (AvgIpc) is 2.63. The molecular formula is C19H17F2NO3S. The number of aryl methyl sites for hydroxylation is 2. The van der Waals surface area contributed by atoms with Crippen LogP contribution in [0.4, 0.5) is 8.78 Å². The molecule has 0 aliphatic rings. The molecule has 2 aromatic carbocycles. The van der Waals surface area contributed by atoms with E-state index >= 15 is 0 Å². The van der Waals surface area contributed by atoms with Crippen molar-refractivity contribution in [1.82, 2.24) is 4.57 Å². The lowest BCUT2D eigenvalue weighted by Gasteiger charge is -2.13. The van der Waals surface area contributed by atoms with Crippen molar-refractivity contribution in [3.8, 4) is 0 Å². The van der Waals surface area contributed by atoms with Crippen LogP contribution in [0.1, 0.15) is 19.4 Å². The molecule has 136 valence electrons. The highest BCUT2D eigenvalue weighted by atomic mass is 32.2. The zero-order chi connectivity index (χ0) is 19.1. The molecule has 4 nitrogen and oxygen atoms in total. The Labute approximate surface area is 149 Å². The van der Waals surface area contributed by atoms with Crippen molar-refractivity contribution in [2.24, 2.45) is 0 Å². The summed E-state index contributed by atoms with van der Waals surface area (Å²) in [4.78, 5) is 12.2. The molecule has 3 rings (SSSR count). The normalized spacial score (nSPS) is 11.8. The lowest BCUT2D eigenvalue weighted by Crippen LogP contribution is -2.19. The Morgan fingerprint density at radius 1 is 1.00 bits per heavy atom. The second-order valence-corrected chi connectivity index (χ2v) is 7.81. The highest BCUT2D eigenvalue weighted by Crippen LogP contribution is 2.23. The van der Waals surface area contributed by atoms with E-state index in [1.807, 2.05) is 6.92 Å². The summed E-state index contributed by atoms with van der Waals surface area (Å²) in [6.45, 7) is 3.96. The third kappa shape index (κ3) is 2.92. The first-order chi connectivity index (χ1) is 12.3. The zero-order valence-corrected chi connectivity index (χ0v) is 15.1. The minimum absolute atomic E-state index is 0.0172. The molecule has 0 aliphatic heterocycles. The van der Waals surface area contributed by atoms with Gasteiger partial charge in [-0.1, -0.05) is 19.1 Å². The van der Waals surface area contributed by atoms with Gasteiger partial charge in [-0.05, 0) is 37.1 Å². The predicted octanol–water partition coefficient (Wildman–Crippen LogP) is 3.69. The molecule has 1 aromatic heterocycles. The molecule has 0 amide bonds. The van der Waals surface area contributed by atoms with Gasteiger partial charge in [0.05, 0.1) is 15.8 Å². The quantitative estimate of drug-likeness (QED) is 0.697. The van der Waals surface area contributed by atoms with Crippen LogP contribution in [0.15, 0.2) is 57.2 Å². The van der Waals surface area contributed by atoms with E-state index in [-0.39, 0.29) is 15.8 Å². The second kappa shape index (κ2) is 6.64. The molecule has 0 N–H and O–H groups in total. The standard InChI is InChI=1S/C19H17F2NO3S/c1-3-12-5-7-13(8-6-12)26(24,25)18-11-22(4-2)17-10-16(21)15(20)9-14(17)19(18)23/h5-11H,3-4H2,1-2H3. The number of nitrogens with zero attached hydrogens (tertiary/aromatic N) is 1. The Bertz CT molecular complexity index is 1150. The summed E-state index contributed by atoms with van der Waals surface area (Å²) < 4.78 is 54.5. The Kier molecular flexibility index (Phi) is 4.66. The van der Waals surface area contributed by atoms with E-state index in [0.29, 0.717) is 6.54 Å². The summed E-state index contributed by atoms with van der Waals surface area (Å²) in [6.07, 6.45) is 1.94. The molecule has 7 heteroatoms. The second-order valence-electron chi connectivity index (χ2n) is 5.89. The Balaban J connectivity index is 2.31. The third-order valence-corrected chi connectivity index (χ3v) is 6.12. The number of pyridine rings is 1. The first-order valence-electron chi connectivity index (χ1n) is 8.15. The SMILES string of the molecule is CCc1ccc(S(=O)(=O)c2cn(CC)c3cc(F)c(F)cc3c2=O)cc1. The summed E-state index contributed by atoms with van der Waals surface area (Å²) in [7, 11) is -4.09. The molecule has 0 aliphatic carbocycles. The van der Waals surface area contributed by atoms with Crippen LogP contribution in [0.5, 0.6) is 0 Å². The topological polar surface area (TPSA) is 56.1 Å². The van der Waals surface area contributed by atoms with Crippen LogP contribution in [0.3, 0.4) is 0 Å². The van der Waals surface area contributed by atoms with Crippen molar-refractivity contribution in [2.45, 2.75) is 36.6 Å². The van der Waals surface area contributed by atoms with Gasteiger partial charge in [0.1, 0.15) is 4.90 Å². The first kappa shape index (κ1) is 18.3. The van der Waals surface area contributed by atoms with Crippen LogP contribution in [-0.4, -0.2) is 13.0 Å². The van der Waals surface area contributed by atoms with E-state index in [9.17, 15) is 22.0 Å². The molecule has 0 radical (unpaired) electrons. The molecular weight excluding hydrogens is 360 g/mol. The van der Waals surface area contributed by atoms with Crippen LogP contribution in [0, 0.1) is 11.6 Å². The maximum Gasteiger partial charge on any atom is 0.211 e. The van der Waals surface area contributed by atoms with Crippen molar-refractivity contribution >= 4 is 20.7 Å². The minimum Gasteiger partial charge on any atom is -0.346 e. The lowest BCUT2D eigenvalue weighted by atomic mass is 10.2. The summed E-state index contributed by atoms with van der Waals surface area (Å²) in [5, 5.41) is -0.169. The van der Waals surface area contributed by atoms with Gasteiger partial charge >= 0.3 is 0 Å². The van der Waals surface area contributed by atoms with Gasteiger partial charge in [-0.25, -0.2) is 17.2 Å². The van der Waals surface area contributed by atoms with Gasteiger partial charge in [0.15, 0.2) is 11.6 Å². The van der Waals surface area contributed by atoms with Crippen LogP contribution < -0.4 is 5.43 Å². The minimum atomic E-state index is -4.09. The van der Waals surface area contributed by atoms with Gasteiger partial charge in [0.2, 0.25) is 15.3 Å². The number of sulfone groups is 1. The maximum absolute atomic E-state index is 13.6.